The molecule has 0 aliphatic heterocycles. The van der Waals surface area contributed by atoms with Crippen LogP contribution in [0, 0.1) is 5.92 Å². The van der Waals surface area contributed by atoms with Crippen LogP contribution >= 0.6 is 11.6 Å². The van der Waals surface area contributed by atoms with Crippen molar-refractivity contribution in [3.63, 3.8) is 0 Å². The summed E-state index contributed by atoms with van der Waals surface area (Å²) >= 11 is 5.82. The van der Waals surface area contributed by atoms with E-state index in [0.717, 1.165) is 17.9 Å². The molecular weight excluding hydrogens is 244 g/mol. The van der Waals surface area contributed by atoms with Crippen LogP contribution in [0.5, 0.6) is 0 Å². The summed E-state index contributed by atoms with van der Waals surface area (Å²) in [6, 6.07) is 4.90. The van der Waals surface area contributed by atoms with Crippen LogP contribution in [0.4, 0.5) is 5.82 Å². The first-order valence-electron chi connectivity index (χ1n) is 6.98. The molecule has 1 aromatic heterocycles. The molecule has 0 atom stereocenters. The summed E-state index contributed by atoms with van der Waals surface area (Å²) in [5.74, 6) is 2.32. The first-order valence-corrected chi connectivity index (χ1v) is 7.51. The molecule has 0 amide bonds. The third-order valence-electron chi connectivity index (χ3n) is 3.59. The van der Waals surface area contributed by atoms with Crippen molar-refractivity contribution >= 4 is 17.4 Å². The molecule has 1 aliphatic carbocycles. The Morgan fingerprint density at radius 1 is 1.33 bits per heavy atom. The highest BCUT2D eigenvalue weighted by atomic mass is 35.5. The molecule has 0 unspecified atom stereocenters. The third kappa shape index (κ3) is 3.38. The van der Waals surface area contributed by atoms with E-state index in [9.17, 15) is 0 Å². The van der Waals surface area contributed by atoms with Gasteiger partial charge in [-0.25, -0.2) is 4.98 Å². The van der Waals surface area contributed by atoms with Crippen LogP contribution < -0.4 is 4.90 Å². The number of alkyl halides is 1. The van der Waals surface area contributed by atoms with E-state index in [1.165, 1.54) is 25.7 Å². The third-order valence-corrected chi connectivity index (χ3v) is 3.89. The number of aromatic nitrogens is 1. The Balaban J connectivity index is 2.15. The summed E-state index contributed by atoms with van der Waals surface area (Å²) in [7, 11) is 0. The van der Waals surface area contributed by atoms with Gasteiger partial charge in [0.2, 0.25) is 0 Å². The molecule has 3 heteroatoms. The number of nitrogens with zero attached hydrogens (tertiary/aromatic N) is 2. The highest BCUT2D eigenvalue weighted by molar-refractivity contribution is 6.17. The van der Waals surface area contributed by atoms with E-state index in [0.29, 0.717) is 17.8 Å². The summed E-state index contributed by atoms with van der Waals surface area (Å²) in [6.45, 7) is 5.64. The van der Waals surface area contributed by atoms with Crippen molar-refractivity contribution in [2.75, 3.05) is 11.4 Å². The molecule has 0 bridgehead atoms. The molecule has 1 saturated carbocycles. The summed E-state index contributed by atoms with van der Waals surface area (Å²) in [6.07, 6.45) is 7.25. The van der Waals surface area contributed by atoms with Crippen LogP contribution in [0.1, 0.15) is 45.1 Å². The van der Waals surface area contributed by atoms with E-state index < -0.39 is 0 Å². The van der Waals surface area contributed by atoms with Gasteiger partial charge in [0.05, 0.1) is 0 Å². The summed E-state index contributed by atoms with van der Waals surface area (Å²) in [5, 5.41) is 0. The molecule has 0 spiro atoms. The normalized spacial score (nSPS) is 16.4. The van der Waals surface area contributed by atoms with Crippen molar-refractivity contribution < 1.29 is 0 Å². The van der Waals surface area contributed by atoms with Crippen LogP contribution in [0.3, 0.4) is 0 Å². The van der Waals surface area contributed by atoms with Crippen LogP contribution in [0.25, 0.3) is 0 Å². The van der Waals surface area contributed by atoms with Gasteiger partial charge in [-0.05, 0) is 30.4 Å². The van der Waals surface area contributed by atoms with E-state index >= 15 is 0 Å². The van der Waals surface area contributed by atoms with E-state index in [1.54, 1.807) is 0 Å². The lowest BCUT2D eigenvalue weighted by Crippen LogP contribution is -2.36. The van der Waals surface area contributed by atoms with Crippen molar-refractivity contribution in [3.05, 3.63) is 23.9 Å². The van der Waals surface area contributed by atoms with Gasteiger partial charge in [0, 0.05) is 24.7 Å². The molecule has 2 nitrogen and oxygen atoms in total. The van der Waals surface area contributed by atoms with Crippen molar-refractivity contribution in [3.8, 4) is 0 Å². The second kappa shape index (κ2) is 6.42. The van der Waals surface area contributed by atoms with Crippen molar-refractivity contribution in [2.24, 2.45) is 5.92 Å². The number of rotatable bonds is 5. The molecular formula is C15H23ClN2. The Bertz CT molecular complexity index is 355. The van der Waals surface area contributed by atoms with Gasteiger partial charge in [-0.1, -0.05) is 32.8 Å². The van der Waals surface area contributed by atoms with Crippen LogP contribution in [0.2, 0.25) is 0 Å². The molecule has 1 fully saturated rings. The van der Waals surface area contributed by atoms with E-state index in [1.807, 2.05) is 6.20 Å². The lowest BCUT2D eigenvalue weighted by Gasteiger charge is -2.31. The molecule has 0 N–H and O–H groups in total. The van der Waals surface area contributed by atoms with E-state index in [2.05, 4.69) is 35.9 Å². The highest BCUT2D eigenvalue weighted by Crippen LogP contribution is 2.28. The first-order chi connectivity index (χ1) is 8.70. The molecule has 1 aromatic rings. The van der Waals surface area contributed by atoms with Gasteiger partial charge >= 0.3 is 0 Å². The number of anilines is 1. The first kappa shape index (κ1) is 13.7. The highest BCUT2D eigenvalue weighted by Gasteiger charge is 2.24. The summed E-state index contributed by atoms with van der Waals surface area (Å²) in [5.41, 5.74) is 1.09. The van der Waals surface area contributed by atoms with Crippen molar-refractivity contribution in [2.45, 2.75) is 51.5 Å². The zero-order valence-electron chi connectivity index (χ0n) is 11.4. The van der Waals surface area contributed by atoms with Gasteiger partial charge in [-0.15, -0.1) is 11.6 Å². The fraction of sp³-hybridized carbons (Fsp3) is 0.667. The maximum Gasteiger partial charge on any atom is 0.128 e. The standard InChI is InChI=1S/C15H23ClN2/c1-12(2)11-18(14-5-3-4-6-14)15-8-7-13(9-16)10-17-15/h7-8,10,12,14H,3-6,9,11H2,1-2H3. The number of halogens is 1. The van der Waals surface area contributed by atoms with Gasteiger partial charge in [-0.2, -0.15) is 0 Å². The minimum atomic E-state index is 0.543. The van der Waals surface area contributed by atoms with Gasteiger partial charge in [0.25, 0.3) is 0 Å². The lowest BCUT2D eigenvalue weighted by atomic mass is 10.1. The fourth-order valence-electron chi connectivity index (χ4n) is 2.70. The Labute approximate surface area is 115 Å². The number of pyridine rings is 1. The molecule has 0 aromatic carbocycles. The fourth-order valence-corrected chi connectivity index (χ4v) is 2.86. The topological polar surface area (TPSA) is 16.1 Å². The molecule has 1 aliphatic rings. The quantitative estimate of drug-likeness (QED) is 0.742. The average Bonchev–Trinajstić information content (AvgIpc) is 2.89. The molecule has 0 radical (unpaired) electrons. The minimum Gasteiger partial charge on any atom is -0.353 e. The Hall–Kier alpha value is -0.760. The summed E-state index contributed by atoms with van der Waals surface area (Å²) < 4.78 is 0. The molecule has 1 heterocycles. The molecule has 0 saturated heterocycles. The Morgan fingerprint density at radius 3 is 2.56 bits per heavy atom. The maximum atomic E-state index is 5.82. The van der Waals surface area contributed by atoms with Gasteiger partial charge < -0.3 is 4.90 Å². The van der Waals surface area contributed by atoms with Crippen LogP contribution in [0.15, 0.2) is 18.3 Å². The van der Waals surface area contributed by atoms with Crippen molar-refractivity contribution in [1.82, 2.24) is 4.98 Å². The monoisotopic (exact) mass is 266 g/mol. The van der Waals surface area contributed by atoms with Crippen LogP contribution in [-0.2, 0) is 5.88 Å². The van der Waals surface area contributed by atoms with Gasteiger partial charge in [0.1, 0.15) is 5.82 Å². The smallest absolute Gasteiger partial charge is 0.128 e. The van der Waals surface area contributed by atoms with E-state index in [-0.39, 0.29) is 0 Å². The largest absolute Gasteiger partial charge is 0.353 e. The Morgan fingerprint density at radius 2 is 2.06 bits per heavy atom. The Kier molecular flexibility index (Phi) is 4.87. The maximum absolute atomic E-state index is 5.82. The average molecular weight is 267 g/mol. The second-order valence-corrected chi connectivity index (χ2v) is 5.91. The number of hydrogen-bond donors (Lipinski definition) is 0. The van der Waals surface area contributed by atoms with Gasteiger partial charge in [-0.3, -0.25) is 0 Å². The minimum absolute atomic E-state index is 0.543. The SMILES string of the molecule is CC(C)CN(c1ccc(CCl)cn1)C1CCCC1. The zero-order chi connectivity index (χ0) is 13.0. The molecule has 2 rings (SSSR count). The van der Waals surface area contributed by atoms with Gasteiger partial charge in [0.15, 0.2) is 0 Å². The molecule has 18 heavy (non-hydrogen) atoms. The van der Waals surface area contributed by atoms with Crippen molar-refractivity contribution in [1.29, 1.82) is 0 Å². The van der Waals surface area contributed by atoms with Crippen LogP contribution in [-0.4, -0.2) is 17.6 Å². The predicted molar refractivity (Wildman–Crippen MR) is 78.2 cm³/mol. The zero-order valence-corrected chi connectivity index (χ0v) is 12.2. The second-order valence-electron chi connectivity index (χ2n) is 5.64. The lowest BCUT2D eigenvalue weighted by molar-refractivity contribution is 0.531. The molecule has 100 valence electrons. The number of hydrogen-bond acceptors (Lipinski definition) is 2. The van der Waals surface area contributed by atoms with E-state index in [4.69, 9.17) is 11.6 Å². The summed E-state index contributed by atoms with van der Waals surface area (Å²) in [4.78, 5) is 7.08. The predicted octanol–water partition coefficient (Wildman–Crippen LogP) is 4.23.